The molecule has 3 atom stereocenters. The molecule has 1 aliphatic heterocycles. The van der Waals surface area contributed by atoms with Crippen LogP contribution in [0.2, 0.25) is 0 Å². The number of nitrogens with one attached hydrogen (secondary N) is 2. The molecular formula is C22H19N4OS+. The Morgan fingerprint density at radius 3 is 2.32 bits per heavy atom. The Morgan fingerprint density at radius 1 is 1.04 bits per heavy atom. The molecule has 1 aromatic carbocycles. The zero-order valence-corrected chi connectivity index (χ0v) is 15.8. The largest absolute Gasteiger partial charge is 0.362 e. The lowest BCUT2D eigenvalue weighted by Crippen LogP contribution is -2.65. The molecular weight excluding hydrogens is 368 g/mol. The Balaban J connectivity index is 2.00. The zero-order valence-electron chi connectivity index (χ0n) is 15.0. The van der Waals surface area contributed by atoms with Crippen LogP contribution >= 0.6 is 12.2 Å². The number of aromatic nitrogens is 2. The molecule has 0 bridgehead atoms. The summed E-state index contributed by atoms with van der Waals surface area (Å²) in [6.07, 6.45) is 7.22. The van der Waals surface area contributed by atoms with E-state index in [4.69, 9.17) is 17.6 Å². The maximum atomic E-state index is 11.9. The fraction of sp³-hybridized carbons (Fsp3) is 0.136. The Kier molecular flexibility index (Phi) is 4.84. The van der Waals surface area contributed by atoms with Crippen LogP contribution < -0.4 is 9.88 Å². The van der Waals surface area contributed by atoms with Gasteiger partial charge in [-0.15, -0.1) is 0 Å². The third-order valence-corrected chi connectivity index (χ3v) is 5.40. The summed E-state index contributed by atoms with van der Waals surface area (Å²) in [5, 5.41) is 22.9. The predicted octanol–water partition coefficient (Wildman–Crippen LogP) is 2.64. The number of nitrogens with zero attached hydrogens (tertiary/aromatic N) is 2. The van der Waals surface area contributed by atoms with Crippen molar-refractivity contribution in [1.29, 1.82) is 5.41 Å². The van der Waals surface area contributed by atoms with Crippen molar-refractivity contribution in [1.82, 2.24) is 10.3 Å². The van der Waals surface area contributed by atoms with Gasteiger partial charge in [0.1, 0.15) is 4.99 Å². The molecule has 4 rings (SSSR count). The fourth-order valence-electron chi connectivity index (χ4n) is 3.83. The lowest BCUT2D eigenvalue weighted by molar-refractivity contribution is -0.743. The van der Waals surface area contributed by atoms with Crippen LogP contribution in [-0.4, -0.2) is 20.9 Å². The molecule has 6 heteroatoms. The van der Waals surface area contributed by atoms with Crippen molar-refractivity contribution in [3.8, 4) is 0 Å². The molecule has 1 fully saturated rings. The van der Waals surface area contributed by atoms with Crippen molar-refractivity contribution in [2.45, 2.75) is 17.7 Å². The van der Waals surface area contributed by atoms with Crippen LogP contribution in [0.15, 0.2) is 91.0 Å². The van der Waals surface area contributed by atoms with Crippen LogP contribution in [0, 0.1) is 5.41 Å². The second kappa shape index (κ2) is 7.44. The summed E-state index contributed by atoms with van der Waals surface area (Å²) >= 11 is 5.54. The van der Waals surface area contributed by atoms with E-state index in [2.05, 4.69) is 16.2 Å². The quantitative estimate of drug-likeness (QED) is 0.280. The van der Waals surface area contributed by atoms with Crippen molar-refractivity contribution in [3.05, 3.63) is 102 Å². The maximum absolute atomic E-state index is 11.9. The van der Waals surface area contributed by atoms with Gasteiger partial charge in [-0.3, -0.25) is 10.4 Å². The number of hydrogen-bond acceptors (Lipinski definition) is 4. The second-order valence-corrected chi connectivity index (χ2v) is 7.06. The summed E-state index contributed by atoms with van der Waals surface area (Å²) in [5.74, 6) is 2.13. The standard InChI is InChI=1S/C22H18N4OS/c23-15-18-19(16-9-11-24-12-10-16)20(26-13-5-2-6-14-26)22(27,25-21(18)28)17-7-3-1-4-8-17/h1-14,19-20,23,27H/p+1/t19-,20+,22+/m0/s1. The first kappa shape index (κ1) is 18.2. The first-order chi connectivity index (χ1) is 13.6. The second-order valence-electron chi connectivity index (χ2n) is 6.65. The third kappa shape index (κ3) is 3.04. The molecule has 0 aliphatic carbocycles. The molecule has 1 aliphatic rings. The van der Waals surface area contributed by atoms with E-state index in [1.54, 1.807) is 12.4 Å². The summed E-state index contributed by atoms with van der Waals surface area (Å²) in [6, 6.07) is 18.4. The molecule has 0 amide bonds. The van der Waals surface area contributed by atoms with Crippen molar-refractivity contribution >= 4 is 23.1 Å². The first-order valence-corrected chi connectivity index (χ1v) is 9.31. The Hall–Kier alpha value is -3.18. The van der Waals surface area contributed by atoms with E-state index in [1.165, 1.54) is 0 Å². The Labute approximate surface area is 168 Å². The van der Waals surface area contributed by atoms with Crippen LogP contribution in [0.25, 0.3) is 0 Å². The van der Waals surface area contributed by atoms with E-state index in [1.807, 2.05) is 77.6 Å². The van der Waals surface area contributed by atoms with Gasteiger partial charge in [-0.1, -0.05) is 48.6 Å². The minimum absolute atomic E-state index is 0.316. The molecule has 3 aromatic rings. The number of thiocarbonyl (C=S) groups is 1. The highest BCUT2D eigenvalue weighted by molar-refractivity contribution is 7.80. The van der Waals surface area contributed by atoms with Crippen molar-refractivity contribution in [2.75, 3.05) is 0 Å². The van der Waals surface area contributed by atoms with E-state index in [0.29, 0.717) is 16.1 Å². The van der Waals surface area contributed by atoms with Gasteiger partial charge in [0, 0.05) is 30.1 Å². The number of pyridine rings is 2. The van der Waals surface area contributed by atoms with Crippen molar-refractivity contribution in [3.63, 3.8) is 0 Å². The molecule has 3 heterocycles. The minimum atomic E-state index is -1.47. The monoisotopic (exact) mass is 387 g/mol. The fourth-order valence-corrected chi connectivity index (χ4v) is 4.16. The minimum Gasteiger partial charge on any atom is -0.362 e. The van der Waals surface area contributed by atoms with Gasteiger partial charge in [-0.25, -0.2) is 0 Å². The summed E-state index contributed by atoms with van der Waals surface area (Å²) < 4.78 is 1.95. The molecule has 28 heavy (non-hydrogen) atoms. The molecule has 5 nitrogen and oxygen atoms in total. The van der Waals surface area contributed by atoms with Gasteiger partial charge in [-0.05, 0) is 23.6 Å². The van der Waals surface area contributed by atoms with Crippen molar-refractivity contribution < 1.29 is 9.67 Å². The van der Waals surface area contributed by atoms with E-state index >= 15 is 0 Å². The van der Waals surface area contributed by atoms with Gasteiger partial charge in [-0.2, -0.15) is 4.57 Å². The van der Waals surface area contributed by atoms with Gasteiger partial charge in [0.05, 0.1) is 11.5 Å². The topological polar surface area (TPSA) is 72.9 Å². The van der Waals surface area contributed by atoms with Crippen LogP contribution in [0.3, 0.4) is 0 Å². The first-order valence-electron chi connectivity index (χ1n) is 8.91. The van der Waals surface area contributed by atoms with E-state index < -0.39 is 11.8 Å². The average molecular weight is 387 g/mol. The molecule has 3 N–H and O–H groups in total. The van der Waals surface area contributed by atoms with Crippen LogP contribution in [0.1, 0.15) is 23.1 Å². The van der Waals surface area contributed by atoms with Crippen LogP contribution in [0.5, 0.6) is 0 Å². The lowest BCUT2D eigenvalue weighted by atomic mass is 9.74. The summed E-state index contributed by atoms with van der Waals surface area (Å²) in [4.78, 5) is 4.42. The highest BCUT2D eigenvalue weighted by atomic mass is 32.1. The molecule has 0 unspecified atom stereocenters. The highest BCUT2D eigenvalue weighted by Gasteiger charge is 2.56. The molecule has 0 saturated carbocycles. The smallest absolute Gasteiger partial charge is 0.227 e. The number of hydrogen-bond donors (Lipinski definition) is 3. The molecule has 2 aromatic heterocycles. The third-order valence-electron chi connectivity index (χ3n) is 5.08. The van der Waals surface area contributed by atoms with Gasteiger partial charge in [0.15, 0.2) is 12.4 Å². The highest BCUT2D eigenvalue weighted by Crippen LogP contribution is 2.45. The number of piperidine rings is 1. The molecule has 0 radical (unpaired) electrons. The summed E-state index contributed by atoms with van der Waals surface area (Å²) in [5.41, 5.74) is 0.660. The van der Waals surface area contributed by atoms with Crippen LogP contribution in [0.4, 0.5) is 0 Å². The van der Waals surface area contributed by atoms with Gasteiger partial charge in [0.25, 0.3) is 0 Å². The van der Waals surface area contributed by atoms with Gasteiger partial charge < -0.3 is 10.4 Å². The maximum Gasteiger partial charge on any atom is 0.227 e. The lowest BCUT2D eigenvalue weighted by Gasteiger charge is -2.43. The summed E-state index contributed by atoms with van der Waals surface area (Å²) in [7, 11) is 0. The Morgan fingerprint density at radius 2 is 1.68 bits per heavy atom. The van der Waals surface area contributed by atoms with E-state index in [-0.39, 0.29) is 5.92 Å². The summed E-state index contributed by atoms with van der Waals surface area (Å²) in [6.45, 7) is 0. The number of aliphatic hydroxyl groups is 1. The average Bonchev–Trinajstić information content (AvgIpc) is 2.75. The molecule has 0 spiro atoms. The number of benzene rings is 1. The molecule has 1 saturated heterocycles. The SMILES string of the molecule is N=C=C1C(=S)N[C@@](O)(c2ccccc2)[C@H]([n+]2ccccc2)[C@H]1c1ccncc1. The van der Waals surface area contributed by atoms with Crippen LogP contribution in [-0.2, 0) is 5.72 Å². The zero-order chi connectivity index (χ0) is 19.6. The predicted molar refractivity (Wildman–Crippen MR) is 110 cm³/mol. The number of rotatable bonds is 3. The molecule has 138 valence electrons. The van der Waals surface area contributed by atoms with Gasteiger partial charge >= 0.3 is 0 Å². The normalized spacial score (nSPS) is 24.3. The van der Waals surface area contributed by atoms with Gasteiger partial charge in [0.2, 0.25) is 11.8 Å². The van der Waals surface area contributed by atoms with Crippen molar-refractivity contribution in [2.24, 2.45) is 0 Å². The van der Waals surface area contributed by atoms with E-state index in [0.717, 1.165) is 5.56 Å². The van der Waals surface area contributed by atoms with E-state index in [9.17, 15) is 5.11 Å². The Bertz CT molecular complexity index is 1040.